The van der Waals surface area contributed by atoms with Crippen molar-refractivity contribution in [3.05, 3.63) is 0 Å². The zero-order chi connectivity index (χ0) is 10.5. The first-order valence-corrected chi connectivity index (χ1v) is 4.19. The van der Waals surface area contributed by atoms with E-state index in [1.54, 1.807) is 6.92 Å². The molecule has 0 spiro atoms. The lowest BCUT2D eigenvalue weighted by molar-refractivity contribution is -0.122. The number of halogens is 3. The molecule has 0 radical (unpaired) electrons. The highest BCUT2D eigenvalue weighted by atomic mass is 19.3. The Hall–Kier alpha value is -0.540. The molecule has 1 fully saturated rings. The lowest BCUT2D eigenvalue weighted by atomic mass is 9.75. The van der Waals surface area contributed by atoms with Crippen LogP contribution in [0.25, 0.3) is 0 Å². The normalized spacial score (nSPS) is 24.1. The maximum atomic E-state index is 12.6. The maximum absolute atomic E-state index is 12.6. The summed E-state index contributed by atoms with van der Waals surface area (Å²) in [5.41, 5.74) is -0.484. The smallest absolute Gasteiger partial charge is 0.248 e. The largest absolute Gasteiger partial charge is 0.303 e. The Morgan fingerprint density at radius 3 is 1.77 bits per heavy atom. The zero-order valence-electron chi connectivity index (χ0n) is 7.95. The molecule has 0 N–H and O–H groups in total. The predicted molar refractivity (Wildman–Crippen MR) is 44.6 cm³/mol. The van der Waals surface area contributed by atoms with Crippen LogP contribution in [-0.4, -0.2) is 19.4 Å². The van der Waals surface area contributed by atoms with Crippen LogP contribution >= 0.6 is 0 Å². The summed E-state index contributed by atoms with van der Waals surface area (Å²) in [6.07, 6.45) is 1.18. The summed E-state index contributed by atoms with van der Waals surface area (Å²) >= 11 is 0. The van der Waals surface area contributed by atoms with Gasteiger partial charge in [0.2, 0.25) is 5.92 Å². The van der Waals surface area contributed by atoms with Crippen molar-refractivity contribution in [2.75, 3.05) is 7.18 Å². The summed E-state index contributed by atoms with van der Waals surface area (Å²) in [5, 5.41) is 0. The lowest BCUT2D eigenvalue weighted by Gasteiger charge is -2.32. The highest BCUT2D eigenvalue weighted by Crippen LogP contribution is 2.41. The second-order valence-corrected chi connectivity index (χ2v) is 3.63. The predicted octanol–water partition coefficient (Wildman–Crippen LogP) is 2.99. The van der Waals surface area contributed by atoms with Crippen molar-refractivity contribution in [1.82, 2.24) is 0 Å². The molecular weight excluding hydrogens is 181 g/mol. The Balaban J connectivity index is 0.000000671. The molecule has 13 heavy (non-hydrogen) atoms. The fraction of sp³-hybridized carbons (Fsp3) is 0.889. The van der Waals surface area contributed by atoms with Crippen LogP contribution in [0.4, 0.5) is 13.2 Å². The van der Waals surface area contributed by atoms with Gasteiger partial charge in [-0.25, -0.2) is 8.78 Å². The van der Waals surface area contributed by atoms with Crippen molar-refractivity contribution in [3.63, 3.8) is 0 Å². The van der Waals surface area contributed by atoms with E-state index in [0.29, 0.717) is 20.0 Å². The lowest BCUT2D eigenvalue weighted by Crippen LogP contribution is -2.32. The van der Waals surface area contributed by atoms with Gasteiger partial charge in [0.25, 0.3) is 0 Å². The van der Waals surface area contributed by atoms with E-state index in [-0.39, 0.29) is 12.8 Å². The van der Waals surface area contributed by atoms with Crippen molar-refractivity contribution in [2.45, 2.75) is 38.5 Å². The number of aldehydes is 1. The van der Waals surface area contributed by atoms with Crippen LogP contribution in [0.2, 0.25) is 0 Å². The first kappa shape index (κ1) is 12.5. The second kappa shape index (κ2) is 4.63. The third-order valence-electron chi connectivity index (χ3n) is 2.41. The van der Waals surface area contributed by atoms with E-state index >= 15 is 0 Å². The van der Waals surface area contributed by atoms with Gasteiger partial charge in [0, 0.05) is 18.3 Å². The van der Waals surface area contributed by atoms with Crippen LogP contribution in [0.5, 0.6) is 0 Å². The van der Waals surface area contributed by atoms with Crippen LogP contribution in [0.3, 0.4) is 0 Å². The second-order valence-electron chi connectivity index (χ2n) is 3.63. The van der Waals surface area contributed by atoms with Gasteiger partial charge in [-0.3, -0.25) is 4.39 Å². The van der Waals surface area contributed by atoms with Crippen LogP contribution in [0.15, 0.2) is 0 Å². The van der Waals surface area contributed by atoms with E-state index in [1.165, 1.54) is 0 Å². The number of alkyl halides is 3. The van der Waals surface area contributed by atoms with Crippen LogP contribution in [0, 0.1) is 5.41 Å². The first-order chi connectivity index (χ1) is 5.97. The van der Waals surface area contributed by atoms with Gasteiger partial charge < -0.3 is 4.79 Å². The van der Waals surface area contributed by atoms with Gasteiger partial charge in [-0.1, -0.05) is 6.92 Å². The molecule has 4 heteroatoms. The Kier molecular flexibility index (Phi) is 4.44. The average molecular weight is 196 g/mol. The third kappa shape index (κ3) is 3.79. The van der Waals surface area contributed by atoms with E-state index in [0.717, 1.165) is 6.29 Å². The minimum atomic E-state index is -2.53. The number of carbonyl (C=O) groups is 1. The quantitative estimate of drug-likeness (QED) is 0.589. The van der Waals surface area contributed by atoms with Crippen molar-refractivity contribution in [2.24, 2.45) is 5.41 Å². The van der Waals surface area contributed by atoms with Gasteiger partial charge in [-0.2, -0.15) is 0 Å². The van der Waals surface area contributed by atoms with Gasteiger partial charge in [0.05, 0.1) is 7.18 Å². The molecule has 1 aliphatic carbocycles. The number of hydrogen-bond donors (Lipinski definition) is 0. The van der Waals surface area contributed by atoms with Gasteiger partial charge in [-0.15, -0.1) is 0 Å². The van der Waals surface area contributed by atoms with Crippen LogP contribution in [-0.2, 0) is 4.79 Å². The highest BCUT2D eigenvalue weighted by molar-refractivity contribution is 5.58. The van der Waals surface area contributed by atoms with Crippen molar-refractivity contribution in [3.8, 4) is 0 Å². The summed E-state index contributed by atoms with van der Waals surface area (Å²) in [4.78, 5) is 10.4. The monoisotopic (exact) mass is 196 g/mol. The van der Waals surface area contributed by atoms with E-state index in [2.05, 4.69) is 0 Å². The molecule has 78 valence electrons. The molecule has 0 aromatic heterocycles. The Morgan fingerprint density at radius 2 is 1.46 bits per heavy atom. The Labute approximate surface area is 76.3 Å². The zero-order valence-corrected chi connectivity index (χ0v) is 7.95. The average Bonchev–Trinajstić information content (AvgIpc) is 2.14. The molecule has 0 amide bonds. The fourth-order valence-corrected chi connectivity index (χ4v) is 1.30. The molecule has 0 aromatic carbocycles. The molecule has 0 heterocycles. The molecule has 1 nitrogen and oxygen atoms in total. The maximum Gasteiger partial charge on any atom is 0.248 e. The minimum absolute atomic E-state index is 0.137. The summed E-state index contributed by atoms with van der Waals surface area (Å²) in [7, 11) is 0.500. The number of hydrogen-bond acceptors (Lipinski definition) is 1. The highest BCUT2D eigenvalue weighted by Gasteiger charge is 2.40. The van der Waals surface area contributed by atoms with Gasteiger partial charge in [-0.05, 0) is 12.8 Å². The van der Waals surface area contributed by atoms with E-state index in [4.69, 9.17) is 0 Å². The molecule has 1 rings (SSSR count). The summed E-state index contributed by atoms with van der Waals surface area (Å²) in [5.74, 6) is -2.53. The van der Waals surface area contributed by atoms with Gasteiger partial charge >= 0.3 is 0 Å². The minimum Gasteiger partial charge on any atom is -0.303 e. The topological polar surface area (TPSA) is 17.1 Å². The van der Waals surface area contributed by atoms with Crippen LogP contribution in [0.1, 0.15) is 32.6 Å². The molecule has 0 aromatic rings. The SMILES string of the molecule is CC1(C=O)CCC(F)(F)CC1.CF. The van der Waals surface area contributed by atoms with Crippen molar-refractivity contribution >= 4 is 6.29 Å². The molecule has 0 aliphatic heterocycles. The number of rotatable bonds is 1. The third-order valence-corrected chi connectivity index (χ3v) is 2.41. The van der Waals surface area contributed by atoms with Crippen molar-refractivity contribution < 1.29 is 18.0 Å². The molecule has 1 saturated carbocycles. The van der Waals surface area contributed by atoms with Gasteiger partial charge in [0.15, 0.2) is 0 Å². The Bertz CT molecular complexity index is 158. The summed E-state index contributed by atoms with van der Waals surface area (Å²) in [6, 6.07) is 0. The first-order valence-electron chi connectivity index (χ1n) is 4.19. The molecule has 0 unspecified atom stereocenters. The fourth-order valence-electron chi connectivity index (χ4n) is 1.30. The molecule has 0 atom stereocenters. The van der Waals surface area contributed by atoms with Gasteiger partial charge in [0.1, 0.15) is 6.29 Å². The van der Waals surface area contributed by atoms with E-state index < -0.39 is 11.3 Å². The van der Waals surface area contributed by atoms with Crippen LogP contribution < -0.4 is 0 Å². The molecular formula is C9H15F3O. The molecule has 1 aliphatic rings. The number of carbonyl (C=O) groups excluding carboxylic acids is 1. The van der Waals surface area contributed by atoms with E-state index in [9.17, 15) is 18.0 Å². The summed E-state index contributed by atoms with van der Waals surface area (Å²) in [6.45, 7) is 1.75. The van der Waals surface area contributed by atoms with E-state index in [1.807, 2.05) is 0 Å². The standard InChI is InChI=1S/C8H12F2O.CH3F/c1-7(6-11)2-4-8(9,10)5-3-7;1-2/h6H,2-5H2,1H3;1H3. The van der Waals surface area contributed by atoms with Crippen molar-refractivity contribution in [1.29, 1.82) is 0 Å². The molecule has 0 bridgehead atoms. The Morgan fingerprint density at radius 1 is 1.08 bits per heavy atom. The molecule has 0 saturated heterocycles. The summed E-state index contributed by atoms with van der Waals surface area (Å²) < 4.78 is 34.6.